The minimum atomic E-state index is 0.338. The van der Waals surface area contributed by atoms with Gasteiger partial charge in [-0.2, -0.15) is 4.98 Å². The molecule has 0 bridgehead atoms. The van der Waals surface area contributed by atoms with Gasteiger partial charge in [-0.3, -0.25) is 0 Å². The fourth-order valence-electron chi connectivity index (χ4n) is 2.57. The van der Waals surface area contributed by atoms with Crippen molar-refractivity contribution < 1.29 is 9.47 Å². The zero-order chi connectivity index (χ0) is 17.3. The van der Waals surface area contributed by atoms with Crippen LogP contribution in [0.5, 0.6) is 11.5 Å². The van der Waals surface area contributed by atoms with E-state index >= 15 is 0 Å². The van der Waals surface area contributed by atoms with E-state index in [4.69, 9.17) is 21.1 Å². The summed E-state index contributed by atoms with van der Waals surface area (Å²) in [6.45, 7) is 4.21. The molecule has 1 aromatic carbocycles. The summed E-state index contributed by atoms with van der Waals surface area (Å²) in [5.74, 6) is 2.03. The smallest absolute Gasteiger partial charge is 0.230 e. The van der Waals surface area contributed by atoms with E-state index in [-0.39, 0.29) is 0 Å². The zero-order valence-corrected chi connectivity index (χ0v) is 14.7. The summed E-state index contributed by atoms with van der Waals surface area (Å²) < 4.78 is 10.5. The third-order valence-corrected chi connectivity index (χ3v) is 4.05. The predicted octanol–water partition coefficient (Wildman–Crippen LogP) is 4.50. The number of halogens is 1. The first-order valence-electron chi connectivity index (χ1n) is 7.57. The van der Waals surface area contributed by atoms with Gasteiger partial charge >= 0.3 is 0 Å². The van der Waals surface area contributed by atoms with Gasteiger partial charge in [0.15, 0.2) is 11.5 Å². The molecule has 0 fully saturated rings. The molecule has 0 amide bonds. The highest BCUT2D eigenvalue weighted by atomic mass is 35.5. The quantitative estimate of drug-likeness (QED) is 0.666. The summed E-state index contributed by atoms with van der Waals surface area (Å²) in [6.07, 6.45) is 1.93. The third kappa shape index (κ3) is 2.97. The summed E-state index contributed by atoms with van der Waals surface area (Å²) >= 11 is 6.37. The Hall–Kier alpha value is -2.47. The van der Waals surface area contributed by atoms with E-state index in [1.54, 1.807) is 14.2 Å². The molecule has 2 heterocycles. The molecule has 0 aliphatic rings. The first-order valence-corrected chi connectivity index (χ1v) is 7.94. The van der Waals surface area contributed by atoms with Crippen LogP contribution in [-0.4, -0.2) is 29.2 Å². The van der Waals surface area contributed by atoms with Crippen LogP contribution in [0.1, 0.15) is 25.3 Å². The molecule has 0 atom stereocenters. The van der Waals surface area contributed by atoms with Gasteiger partial charge in [0.2, 0.25) is 5.95 Å². The van der Waals surface area contributed by atoms with Crippen molar-refractivity contribution in [2.24, 2.45) is 0 Å². The standard InChI is InChI=1S/C17H19ClN4O2/c1-9(2)11-8-19-16-14(11)15(18)21-17(22-16)20-10-5-6-12(23-3)13(7-10)24-4/h5-9H,1-4H3,(H2,19,20,21,22). The van der Waals surface area contributed by atoms with Gasteiger partial charge in [-0.05, 0) is 23.6 Å². The Bertz CT molecular complexity index is 876. The number of hydrogen-bond donors (Lipinski definition) is 2. The van der Waals surface area contributed by atoms with Crippen molar-refractivity contribution in [2.45, 2.75) is 19.8 Å². The maximum absolute atomic E-state index is 6.37. The Kier molecular flexibility index (Phi) is 4.49. The largest absolute Gasteiger partial charge is 0.493 e. The van der Waals surface area contributed by atoms with Gasteiger partial charge in [0.1, 0.15) is 10.8 Å². The van der Waals surface area contributed by atoms with Crippen molar-refractivity contribution in [1.29, 1.82) is 0 Å². The number of fused-ring (bicyclic) bond motifs is 1. The number of ether oxygens (including phenoxy) is 2. The maximum Gasteiger partial charge on any atom is 0.230 e. The molecule has 0 aliphatic heterocycles. The number of nitrogens with one attached hydrogen (secondary N) is 2. The number of H-pyrrole nitrogens is 1. The van der Waals surface area contributed by atoms with Crippen LogP contribution < -0.4 is 14.8 Å². The molecule has 6 nitrogen and oxygen atoms in total. The van der Waals surface area contributed by atoms with E-state index in [1.807, 2.05) is 24.4 Å². The van der Waals surface area contributed by atoms with E-state index in [2.05, 4.69) is 34.1 Å². The molecule has 24 heavy (non-hydrogen) atoms. The topological polar surface area (TPSA) is 72.1 Å². The molecule has 126 valence electrons. The van der Waals surface area contributed by atoms with Crippen LogP contribution in [0.15, 0.2) is 24.4 Å². The second kappa shape index (κ2) is 6.57. The van der Waals surface area contributed by atoms with Crippen molar-refractivity contribution in [2.75, 3.05) is 19.5 Å². The summed E-state index contributed by atoms with van der Waals surface area (Å²) in [5.41, 5.74) is 2.59. The molecule has 0 aliphatic carbocycles. The highest BCUT2D eigenvalue weighted by molar-refractivity contribution is 6.34. The van der Waals surface area contributed by atoms with Gasteiger partial charge in [-0.1, -0.05) is 25.4 Å². The lowest BCUT2D eigenvalue weighted by molar-refractivity contribution is 0.355. The molecule has 3 rings (SSSR count). The van der Waals surface area contributed by atoms with Gasteiger partial charge in [-0.15, -0.1) is 0 Å². The summed E-state index contributed by atoms with van der Waals surface area (Å²) in [5, 5.41) is 4.43. The molecule has 3 aromatic rings. The number of hydrogen-bond acceptors (Lipinski definition) is 5. The third-order valence-electron chi connectivity index (χ3n) is 3.78. The van der Waals surface area contributed by atoms with Crippen molar-refractivity contribution in [1.82, 2.24) is 15.0 Å². The lowest BCUT2D eigenvalue weighted by Gasteiger charge is -2.11. The molecule has 0 saturated heterocycles. The summed E-state index contributed by atoms with van der Waals surface area (Å²) in [7, 11) is 3.19. The molecular weight excluding hydrogens is 328 g/mol. The fraction of sp³-hybridized carbons (Fsp3) is 0.294. The van der Waals surface area contributed by atoms with Crippen LogP contribution in [-0.2, 0) is 0 Å². The Labute approximate surface area is 145 Å². The van der Waals surface area contributed by atoms with Gasteiger partial charge in [0.25, 0.3) is 0 Å². The summed E-state index contributed by atoms with van der Waals surface area (Å²) in [4.78, 5) is 12.0. The Morgan fingerprint density at radius 2 is 1.88 bits per heavy atom. The number of methoxy groups -OCH3 is 2. The van der Waals surface area contributed by atoms with Gasteiger partial charge in [-0.25, -0.2) is 4.98 Å². The monoisotopic (exact) mass is 346 g/mol. The van der Waals surface area contributed by atoms with E-state index in [0.29, 0.717) is 34.2 Å². The molecule has 0 saturated carbocycles. The SMILES string of the molecule is COc1ccc(Nc2nc(Cl)c3c(C(C)C)c[nH]c3n2)cc1OC. The van der Waals surface area contributed by atoms with Crippen LogP contribution in [0.25, 0.3) is 11.0 Å². The second-order valence-electron chi connectivity index (χ2n) is 5.66. The van der Waals surface area contributed by atoms with Gasteiger partial charge in [0.05, 0.1) is 19.6 Å². The Morgan fingerprint density at radius 1 is 1.12 bits per heavy atom. The fourth-order valence-corrected chi connectivity index (χ4v) is 2.84. The summed E-state index contributed by atoms with van der Waals surface area (Å²) in [6, 6.07) is 5.48. The zero-order valence-electron chi connectivity index (χ0n) is 14.0. The van der Waals surface area contributed by atoms with Crippen molar-refractivity contribution in [3.63, 3.8) is 0 Å². The maximum atomic E-state index is 6.37. The average Bonchev–Trinajstić information content (AvgIpc) is 2.99. The minimum absolute atomic E-state index is 0.338. The van der Waals surface area contributed by atoms with Crippen molar-refractivity contribution >= 4 is 34.3 Å². The average molecular weight is 347 g/mol. The van der Waals surface area contributed by atoms with E-state index in [0.717, 1.165) is 16.6 Å². The van der Waals surface area contributed by atoms with E-state index in [9.17, 15) is 0 Å². The lowest BCUT2D eigenvalue weighted by atomic mass is 10.1. The van der Waals surface area contributed by atoms with Crippen molar-refractivity contribution in [3.05, 3.63) is 35.1 Å². The van der Waals surface area contributed by atoms with Crippen LogP contribution in [0, 0.1) is 0 Å². The first kappa shape index (κ1) is 16.4. The number of benzene rings is 1. The molecule has 0 unspecified atom stereocenters. The van der Waals surface area contributed by atoms with Gasteiger partial charge in [0, 0.05) is 18.0 Å². The molecule has 2 aromatic heterocycles. The predicted molar refractivity (Wildman–Crippen MR) is 95.8 cm³/mol. The first-order chi connectivity index (χ1) is 11.5. The molecular formula is C17H19ClN4O2. The highest BCUT2D eigenvalue weighted by Gasteiger charge is 2.15. The number of aromatic nitrogens is 3. The Morgan fingerprint density at radius 3 is 2.54 bits per heavy atom. The normalized spacial score (nSPS) is 11.1. The van der Waals surface area contributed by atoms with Crippen LogP contribution in [0.3, 0.4) is 0 Å². The van der Waals surface area contributed by atoms with Gasteiger partial charge < -0.3 is 19.8 Å². The highest BCUT2D eigenvalue weighted by Crippen LogP contribution is 2.33. The number of rotatable bonds is 5. The lowest BCUT2D eigenvalue weighted by Crippen LogP contribution is -1.99. The molecule has 2 N–H and O–H groups in total. The van der Waals surface area contributed by atoms with Crippen LogP contribution in [0.2, 0.25) is 5.15 Å². The minimum Gasteiger partial charge on any atom is -0.493 e. The van der Waals surface area contributed by atoms with E-state index < -0.39 is 0 Å². The Balaban J connectivity index is 1.96. The van der Waals surface area contributed by atoms with E-state index in [1.165, 1.54) is 0 Å². The molecule has 0 spiro atoms. The number of nitrogens with zero attached hydrogens (tertiary/aromatic N) is 2. The van der Waals surface area contributed by atoms with Crippen molar-refractivity contribution in [3.8, 4) is 11.5 Å². The number of anilines is 2. The number of aromatic amines is 1. The second-order valence-corrected chi connectivity index (χ2v) is 6.01. The molecule has 7 heteroatoms. The van der Waals surface area contributed by atoms with Crippen LogP contribution >= 0.6 is 11.6 Å². The van der Waals surface area contributed by atoms with Crippen LogP contribution in [0.4, 0.5) is 11.6 Å². The molecule has 0 radical (unpaired) electrons.